The van der Waals surface area contributed by atoms with Crippen molar-refractivity contribution in [1.82, 2.24) is 9.97 Å². The molecule has 0 saturated carbocycles. The van der Waals surface area contributed by atoms with Crippen LogP contribution < -0.4 is 0 Å². The van der Waals surface area contributed by atoms with Crippen molar-refractivity contribution in [1.29, 1.82) is 0 Å². The van der Waals surface area contributed by atoms with E-state index < -0.39 is 6.10 Å². The van der Waals surface area contributed by atoms with Crippen LogP contribution in [-0.2, 0) is 0 Å². The van der Waals surface area contributed by atoms with Crippen LogP contribution in [0, 0.1) is 0 Å². The second-order valence-electron chi connectivity index (χ2n) is 6.40. The molecule has 0 saturated heterocycles. The second-order valence-corrected chi connectivity index (χ2v) is 8.23. The fourth-order valence-corrected chi connectivity index (χ4v) is 3.40. The molecule has 0 fully saturated rings. The first-order valence-corrected chi connectivity index (χ1v) is 10.2. The molecule has 2 heterocycles. The summed E-state index contributed by atoms with van der Waals surface area (Å²) in [5, 5.41) is 11.4. The predicted molar refractivity (Wildman–Crippen MR) is 120 cm³/mol. The van der Waals surface area contributed by atoms with Gasteiger partial charge in [0.25, 0.3) is 0 Å². The third kappa shape index (κ3) is 5.01. The summed E-state index contributed by atoms with van der Waals surface area (Å²) < 4.78 is 1.87. The lowest BCUT2D eigenvalue weighted by Gasteiger charge is -2.05. The summed E-state index contributed by atoms with van der Waals surface area (Å²) in [6.45, 7) is 3.32. The molecule has 0 aliphatic rings. The molecular weight excluding hydrogens is 484 g/mol. The number of aliphatic hydroxyl groups excluding tert-OH is 1. The molecule has 28 heavy (non-hydrogen) atoms. The highest BCUT2D eigenvalue weighted by molar-refractivity contribution is 9.10. The lowest BCUT2D eigenvalue weighted by Crippen LogP contribution is -1.91. The van der Waals surface area contributed by atoms with Crippen LogP contribution in [0.25, 0.3) is 21.8 Å². The van der Waals surface area contributed by atoms with Gasteiger partial charge in [0.05, 0.1) is 17.1 Å². The molecule has 2 aromatic carbocycles. The average Bonchev–Trinajstić information content (AvgIpc) is 2.67. The molecule has 4 aromatic rings. The van der Waals surface area contributed by atoms with Crippen LogP contribution in [0.5, 0.6) is 0 Å². The van der Waals surface area contributed by atoms with Gasteiger partial charge in [-0.05, 0) is 93.7 Å². The third-order valence-electron chi connectivity index (χ3n) is 4.21. The number of pyridine rings is 2. The number of hydrogen-bond donors (Lipinski definition) is 1. The highest BCUT2D eigenvalue weighted by atomic mass is 79.9. The Morgan fingerprint density at radius 2 is 1.43 bits per heavy atom. The van der Waals surface area contributed by atoms with E-state index in [1.165, 1.54) is 0 Å². The van der Waals surface area contributed by atoms with Gasteiger partial charge in [-0.2, -0.15) is 0 Å². The first kappa shape index (κ1) is 20.6. The fourth-order valence-electron chi connectivity index (χ4n) is 2.71. The Bertz CT molecular complexity index is 1160. The standard InChI is InChI=1S/C11H10BrNO.C11H8BrNO/c2*1-7(14)8-2-3-11-9(4-8)5-10(12)6-13-11/h2-7,14H,1H3;2-6H,1H3/t7-;/m1./s1. The Balaban J connectivity index is 0.000000161. The van der Waals surface area contributed by atoms with Crippen LogP contribution in [0.2, 0.25) is 0 Å². The number of carbonyl (C=O) groups is 1. The zero-order chi connectivity index (χ0) is 20.3. The van der Waals surface area contributed by atoms with Gasteiger partial charge in [-0.15, -0.1) is 0 Å². The van der Waals surface area contributed by atoms with Crippen molar-refractivity contribution in [3.63, 3.8) is 0 Å². The van der Waals surface area contributed by atoms with E-state index >= 15 is 0 Å². The lowest BCUT2D eigenvalue weighted by molar-refractivity contribution is 0.101. The van der Waals surface area contributed by atoms with Gasteiger partial charge in [0.15, 0.2) is 5.78 Å². The SMILES string of the molecule is CC(=O)c1ccc2ncc(Br)cc2c1.C[C@@H](O)c1ccc2ncc(Br)cc2c1. The maximum atomic E-state index is 11.1. The van der Waals surface area contributed by atoms with Crippen LogP contribution in [-0.4, -0.2) is 20.9 Å². The zero-order valence-corrected chi connectivity index (χ0v) is 18.5. The molecule has 142 valence electrons. The van der Waals surface area contributed by atoms with Crippen LogP contribution in [0.4, 0.5) is 0 Å². The summed E-state index contributed by atoms with van der Waals surface area (Å²) in [6.07, 6.45) is 3.08. The summed E-state index contributed by atoms with van der Waals surface area (Å²) in [5.41, 5.74) is 3.48. The van der Waals surface area contributed by atoms with E-state index in [0.717, 1.165) is 41.9 Å². The first-order chi connectivity index (χ1) is 13.3. The molecule has 4 rings (SSSR count). The number of hydrogen-bond acceptors (Lipinski definition) is 4. The van der Waals surface area contributed by atoms with Crippen LogP contribution in [0.1, 0.15) is 35.9 Å². The summed E-state index contributed by atoms with van der Waals surface area (Å²) in [6, 6.07) is 15.2. The van der Waals surface area contributed by atoms with Crippen LogP contribution >= 0.6 is 31.9 Å². The molecule has 6 heteroatoms. The zero-order valence-electron chi connectivity index (χ0n) is 15.4. The molecule has 1 N–H and O–H groups in total. The van der Waals surface area contributed by atoms with Gasteiger partial charge in [-0.25, -0.2) is 0 Å². The highest BCUT2D eigenvalue weighted by Gasteiger charge is 2.03. The van der Waals surface area contributed by atoms with Gasteiger partial charge in [0.1, 0.15) is 0 Å². The number of benzene rings is 2. The summed E-state index contributed by atoms with van der Waals surface area (Å²) in [7, 11) is 0. The number of aromatic nitrogens is 2. The van der Waals surface area contributed by atoms with Crippen LogP contribution in [0.15, 0.2) is 69.9 Å². The van der Waals surface area contributed by atoms with Gasteiger partial charge >= 0.3 is 0 Å². The molecule has 0 unspecified atom stereocenters. The number of carbonyl (C=O) groups excluding carboxylic acids is 1. The van der Waals surface area contributed by atoms with Gasteiger partial charge < -0.3 is 5.11 Å². The Morgan fingerprint density at radius 1 is 0.893 bits per heavy atom. The van der Waals surface area contributed by atoms with E-state index in [2.05, 4.69) is 41.8 Å². The van der Waals surface area contributed by atoms with Crippen molar-refractivity contribution in [2.24, 2.45) is 0 Å². The number of Topliss-reactive ketones (excluding diaryl/α,β-unsaturated/α-hetero) is 1. The largest absolute Gasteiger partial charge is 0.389 e. The first-order valence-electron chi connectivity index (χ1n) is 8.63. The molecule has 0 radical (unpaired) electrons. The van der Waals surface area contributed by atoms with Gasteiger partial charge in [-0.1, -0.05) is 6.07 Å². The minimum Gasteiger partial charge on any atom is -0.389 e. The monoisotopic (exact) mass is 500 g/mol. The Labute approximate surface area is 179 Å². The van der Waals surface area contributed by atoms with Crippen molar-refractivity contribution >= 4 is 59.4 Å². The average molecular weight is 502 g/mol. The molecular formula is C22H18Br2N2O2. The topological polar surface area (TPSA) is 63.1 Å². The summed E-state index contributed by atoms with van der Waals surface area (Å²) >= 11 is 6.72. The Kier molecular flexibility index (Phi) is 6.54. The van der Waals surface area contributed by atoms with Crippen molar-refractivity contribution in [2.75, 3.05) is 0 Å². The van der Waals surface area contributed by atoms with Crippen LogP contribution in [0.3, 0.4) is 0 Å². The molecule has 1 atom stereocenters. The van der Waals surface area contributed by atoms with E-state index in [-0.39, 0.29) is 5.78 Å². The highest BCUT2D eigenvalue weighted by Crippen LogP contribution is 2.21. The van der Waals surface area contributed by atoms with E-state index in [0.29, 0.717) is 0 Å². The number of aliphatic hydroxyl groups is 1. The maximum absolute atomic E-state index is 11.1. The minimum atomic E-state index is -0.432. The van der Waals surface area contributed by atoms with E-state index in [4.69, 9.17) is 0 Å². The Morgan fingerprint density at radius 3 is 1.96 bits per heavy atom. The predicted octanol–water partition coefficient (Wildman–Crippen LogP) is 6.25. The Hall–Kier alpha value is -2.15. The van der Waals surface area contributed by atoms with E-state index in [1.54, 1.807) is 32.3 Å². The second kappa shape index (κ2) is 8.90. The van der Waals surface area contributed by atoms with E-state index in [1.807, 2.05) is 42.5 Å². The smallest absolute Gasteiger partial charge is 0.159 e. The maximum Gasteiger partial charge on any atom is 0.159 e. The van der Waals surface area contributed by atoms with Gasteiger partial charge in [-0.3, -0.25) is 14.8 Å². The molecule has 0 aliphatic carbocycles. The van der Waals surface area contributed by atoms with Crippen molar-refractivity contribution in [3.8, 4) is 0 Å². The fraction of sp³-hybridized carbons (Fsp3) is 0.136. The van der Waals surface area contributed by atoms with Gasteiger partial charge in [0, 0.05) is 37.7 Å². The van der Waals surface area contributed by atoms with Crippen molar-refractivity contribution in [3.05, 3.63) is 81.0 Å². The molecule has 2 aromatic heterocycles. The van der Waals surface area contributed by atoms with Gasteiger partial charge in [0.2, 0.25) is 0 Å². The number of rotatable bonds is 2. The number of nitrogens with zero attached hydrogens (tertiary/aromatic N) is 2. The molecule has 4 nitrogen and oxygen atoms in total. The summed E-state index contributed by atoms with van der Waals surface area (Å²) in [5.74, 6) is 0.0758. The van der Waals surface area contributed by atoms with Crippen molar-refractivity contribution in [2.45, 2.75) is 20.0 Å². The van der Waals surface area contributed by atoms with Crippen molar-refractivity contribution < 1.29 is 9.90 Å². The molecule has 0 amide bonds. The quantitative estimate of drug-likeness (QED) is 0.329. The third-order valence-corrected chi connectivity index (χ3v) is 5.08. The lowest BCUT2D eigenvalue weighted by atomic mass is 10.1. The molecule has 0 aliphatic heterocycles. The number of ketones is 1. The van der Waals surface area contributed by atoms with E-state index in [9.17, 15) is 9.90 Å². The number of fused-ring (bicyclic) bond motifs is 2. The number of halogens is 2. The summed E-state index contributed by atoms with van der Waals surface area (Å²) in [4.78, 5) is 19.6. The molecule has 0 spiro atoms. The minimum absolute atomic E-state index is 0.0758. The molecule has 0 bridgehead atoms. The normalized spacial score (nSPS) is 11.8.